The van der Waals surface area contributed by atoms with Crippen molar-refractivity contribution in [2.24, 2.45) is 10.7 Å². The lowest BCUT2D eigenvalue weighted by Gasteiger charge is -2.31. The fraction of sp³-hybridized carbons (Fsp3) is 0.174. The van der Waals surface area contributed by atoms with E-state index in [0.717, 1.165) is 28.1 Å². The van der Waals surface area contributed by atoms with E-state index in [2.05, 4.69) is 81.9 Å². The first-order chi connectivity index (χ1) is 14.0. The van der Waals surface area contributed by atoms with E-state index in [1.807, 2.05) is 12.3 Å². The van der Waals surface area contributed by atoms with Gasteiger partial charge in [0.2, 0.25) is 0 Å². The Bertz CT molecular complexity index is 1280. The molecular formula is C23H24N6. The number of fused-ring (bicyclic) bond motifs is 2. The van der Waals surface area contributed by atoms with E-state index in [0.29, 0.717) is 6.42 Å². The highest BCUT2D eigenvalue weighted by molar-refractivity contribution is 5.88. The van der Waals surface area contributed by atoms with Gasteiger partial charge in [0.15, 0.2) is 5.79 Å². The second-order valence-electron chi connectivity index (χ2n) is 7.74. The van der Waals surface area contributed by atoms with Gasteiger partial charge in [0.25, 0.3) is 0 Å². The Morgan fingerprint density at radius 3 is 2.83 bits per heavy atom. The van der Waals surface area contributed by atoms with E-state index in [-0.39, 0.29) is 0 Å². The van der Waals surface area contributed by atoms with Gasteiger partial charge in [-0.2, -0.15) is 0 Å². The van der Waals surface area contributed by atoms with Crippen molar-refractivity contribution >= 4 is 33.7 Å². The lowest BCUT2D eigenvalue weighted by atomic mass is 10.0. The number of anilines is 1. The monoisotopic (exact) mass is 384 g/mol. The fourth-order valence-electron chi connectivity index (χ4n) is 3.93. The summed E-state index contributed by atoms with van der Waals surface area (Å²) in [6.45, 7) is 4.23. The van der Waals surface area contributed by atoms with Crippen molar-refractivity contribution in [3.63, 3.8) is 0 Å². The van der Waals surface area contributed by atoms with Crippen LogP contribution >= 0.6 is 0 Å². The third-order valence-electron chi connectivity index (χ3n) is 5.58. The Hall–Kier alpha value is -3.51. The zero-order valence-corrected chi connectivity index (χ0v) is 16.5. The number of aryl methyl sites for hydroxylation is 2. The number of nitrogens with two attached hydrogens (primary N) is 1. The summed E-state index contributed by atoms with van der Waals surface area (Å²) in [6, 6.07) is 14.7. The van der Waals surface area contributed by atoms with Gasteiger partial charge in [-0.05, 0) is 72.8 Å². The quantitative estimate of drug-likeness (QED) is 0.367. The third kappa shape index (κ3) is 3.28. The molecule has 1 aliphatic heterocycles. The molecule has 0 saturated heterocycles. The Labute approximate surface area is 168 Å². The minimum atomic E-state index is -0.897. The van der Waals surface area contributed by atoms with Crippen LogP contribution in [0.1, 0.15) is 16.8 Å². The molecule has 0 aliphatic carbocycles. The summed E-state index contributed by atoms with van der Waals surface area (Å²) in [7, 11) is 0. The SMILES string of the molecule is Cc1[nH]c2ccc(NC3=CC=NC(N)(Cc4ccc5[nH]ccc5c4)N3)cc2c1C. The van der Waals surface area contributed by atoms with E-state index in [4.69, 9.17) is 5.73 Å². The molecule has 0 saturated carbocycles. The standard InChI is InChI=1S/C23H24N6/c1-14-15(2)27-21-6-4-18(12-19(14)21)28-22-8-10-26-23(24,29-22)13-16-3-5-20-17(11-16)7-9-25-20/h3-12,25,27-29H,13,24H2,1-2H3. The predicted octanol–water partition coefficient (Wildman–Crippen LogP) is 4.05. The second-order valence-corrected chi connectivity index (χ2v) is 7.74. The summed E-state index contributed by atoms with van der Waals surface area (Å²) >= 11 is 0. The zero-order chi connectivity index (χ0) is 20.0. The average molecular weight is 384 g/mol. The van der Waals surface area contributed by atoms with Gasteiger partial charge in [0.1, 0.15) is 5.82 Å². The van der Waals surface area contributed by atoms with Crippen LogP contribution in [0.15, 0.2) is 65.6 Å². The molecule has 2 aromatic heterocycles. The van der Waals surface area contributed by atoms with Crippen LogP contribution < -0.4 is 16.4 Å². The highest BCUT2D eigenvalue weighted by atomic mass is 15.3. The lowest BCUT2D eigenvalue weighted by molar-refractivity contribution is 0.381. The van der Waals surface area contributed by atoms with E-state index >= 15 is 0 Å². The predicted molar refractivity (Wildman–Crippen MR) is 120 cm³/mol. The minimum Gasteiger partial charge on any atom is -0.361 e. The van der Waals surface area contributed by atoms with E-state index in [9.17, 15) is 0 Å². The zero-order valence-electron chi connectivity index (χ0n) is 16.5. The van der Waals surface area contributed by atoms with Gasteiger partial charge < -0.3 is 20.6 Å². The topological polar surface area (TPSA) is 94.0 Å². The number of nitrogens with zero attached hydrogens (tertiary/aromatic N) is 1. The molecule has 0 radical (unpaired) electrons. The van der Waals surface area contributed by atoms with Gasteiger partial charge in [-0.1, -0.05) is 6.07 Å². The molecule has 1 unspecified atom stereocenters. The summed E-state index contributed by atoms with van der Waals surface area (Å²) in [4.78, 5) is 11.1. The third-order valence-corrected chi connectivity index (χ3v) is 5.58. The number of aromatic amines is 2. The van der Waals surface area contributed by atoms with Crippen molar-refractivity contribution in [3.05, 3.63) is 77.4 Å². The number of nitrogens with one attached hydrogen (secondary N) is 4. The summed E-state index contributed by atoms with van der Waals surface area (Å²) in [5, 5.41) is 9.18. The van der Waals surface area contributed by atoms with Crippen molar-refractivity contribution in [2.75, 3.05) is 5.32 Å². The Balaban J connectivity index is 1.35. The molecule has 0 bridgehead atoms. The van der Waals surface area contributed by atoms with Crippen LogP contribution in [0.2, 0.25) is 0 Å². The van der Waals surface area contributed by atoms with Crippen LogP contribution in [0.5, 0.6) is 0 Å². The number of hydrogen-bond donors (Lipinski definition) is 5. The molecule has 29 heavy (non-hydrogen) atoms. The highest BCUT2D eigenvalue weighted by Gasteiger charge is 2.26. The molecule has 2 aromatic carbocycles. The molecule has 3 heterocycles. The van der Waals surface area contributed by atoms with Gasteiger partial charge in [-0.25, -0.2) is 0 Å². The number of hydrogen-bond acceptors (Lipinski definition) is 4. The molecule has 6 N–H and O–H groups in total. The molecule has 0 fully saturated rings. The number of aromatic nitrogens is 2. The minimum absolute atomic E-state index is 0.582. The summed E-state index contributed by atoms with van der Waals surface area (Å²) in [5.74, 6) is -0.0688. The van der Waals surface area contributed by atoms with Crippen molar-refractivity contribution in [1.29, 1.82) is 0 Å². The smallest absolute Gasteiger partial charge is 0.187 e. The normalized spacial score (nSPS) is 18.8. The summed E-state index contributed by atoms with van der Waals surface area (Å²) in [6.07, 6.45) is 6.19. The number of benzene rings is 2. The number of aliphatic imine (C=N–C) groups is 1. The molecule has 0 amide bonds. The molecule has 4 aromatic rings. The van der Waals surface area contributed by atoms with E-state index in [1.165, 1.54) is 22.0 Å². The van der Waals surface area contributed by atoms with Crippen LogP contribution in [0.3, 0.4) is 0 Å². The maximum Gasteiger partial charge on any atom is 0.187 e. The van der Waals surface area contributed by atoms with Crippen LogP contribution in [0, 0.1) is 13.8 Å². The molecule has 5 rings (SSSR count). The first kappa shape index (κ1) is 17.6. The molecule has 0 spiro atoms. The van der Waals surface area contributed by atoms with Crippen LogP contribution in [0.4, 0.5) is 5.69 Å². The van der Waals surface area contributed by atoms with Gasteiger partial charge in [-0.3, -0.25) is 10.7 Å². The second kappa shape index (κ2) is 6.53. The number of H-pyrrole nitrogens is 2. The molecule has 1 aliphatic rings. The Morgan fingerprint density at radius 2 is 1.93 bits per heavy atom. The van der Waals surface area contributed by atoms with Crippen LogP contribution in [0.25, 0.3) is 21.8 Å². The molecule has 1 atom stereocenters. The first-order valence-corrected chi connectivity index (χ1v) is 9.74. The van der Waals surface area contributed by atoms with Crippen molar-refractivity contribution in [1.82, 2.24) is 15.3 Å². The fourth-order valence-corrected chi connectivity index (χ4v) is 3.93. The molecule has 6 nitrogen and oxygen atoms in total. The molecule has 6 heteroatoms. The summed E-state index contributed by atoms with van der Waals surface area (Å²) < 4.78 is 0. The van der Waals surface area contributed by atoms with Gasteiger partial charge in [-0.15, -0.1) is 0 Å². The lowest BCUT2D eigenvalue weighted by Crippen LogP contribution is -2.55. The first-order valence-electron chi connectivity index (χ1n) is 9.74. The van der Waals surface area contributed by atoms with Crippen LogP contribution in [-0.4, -0.2) is 22.0 Å². The average Bonchev–Trinajstić information content (AvgIpc) is 3.26. The maximum absolute atomic E-state index is 6.57. The maximum atomic E-state index is 6.57. The Morgan fingerprint density at radius 1 is 1.07 bits per heavy atom. The molecular weight excluding hydrogens is 360 g/mol. The Kier molecular flexibility index (Phi) is 3.96. The van der Waals surface area contributed by atoms with Gasteiger partial charge >= 0.3 is 0 Å². The summed E-state index contributed by atoms with van der Waals surface area (Å²) in [5.41, 5.74) is 13.4. The van der Waals surface area contributed by atoms with E-state index in [1.54, 1.807) is 6.21 Å². The van der Waals surface area contributed by atoms with Gasteiger partial charge in [0.05, 0.1) is 0 Å². The van der Waals surface area contributed by atoms with Crippen molar-refractivity contribution < 1.29 is 0 Å². The molecule has 146 valence electrons. The van der Waals surface area contributed by atoms with Crippen molar-refractivity contribution in [3.8, 4) is 0 Å². The number of allylic oxidation sites excluding steroid dienone is 1. The van der Waals surface area contributed by atoms with Crippen LogP contribution in [-0.2, 0) is 6.42 Å². The van der Waals surface area contributed by atoms with Gasteiger partial charge in [0, 0.05) is 46.6 Å². The number of rotatable bonds is 4. The van der Waals surface area contributed by atoms with Crippen molar-refractivity contribution in [2.45, 2.75) is 26.1 Å². The van der Waals surface area contributed by atoms with E-state index < -0.39 is 5.79 Å². The highest BCUT2D eigenvalue weighted by Crippen LogP contribution is 2.26. The largest absolute Gasteiger partial charge is 0.361 e.